The van der Waals surface area contributed by atoms with Crippen molar-refractivity contribution in [3.63, 3.8) is 0 Å². The van der Waals surface area contributed by atoms with Gasteiger partial charge in [0.15, 0.2) is 0 Å². The van der Waals surface area contributed by atoms with Crippen molar-refractivity contribution in [3.05, 3.63) is 40.7 Å². The first-order chi connectivity index (χ1) is 9.40. The molecule has 0 amide bonds. The maximum atomic E-state index is 4.67. The number of unbranched alkanes of at least 4 members (excludes halogenated alkanes) is 1. The summed E-state index contributed by atoms with van der Waals surface area (Å²) >= 11 is 3.65. The van der Waals surface area contributed by atoms with Crippen LogP contribution in [-0.2, 0) is 6.54 Å². The molecule has 1 aromatic carbocycles. The summed E-state index contributed by atoms with van der Waals surface area (Å²) in [6.45, 7) is 1.97. The highest BCUT2D eigenvalue weighted by atomic mass is 32.2. The third-order valence-electron chi connectivity index (χ3n) is 2.85. The molecule has 1 N–H and O–H groups in total. The topological polar surface area (TPSA) is 24.9 Å². The van der Waals surface area contributed by atoms with Crippen LogP contribution in [0.5, 0.6) is 0 Å². The molecule has 19 heavy (non-hydrogen) atoms. The number of benzene rings is 1. The molecule has 0 saturated heterocycles. The van der Waals surface area contributed by atoms with Crippen molar-refractivity contribution in [3.8, 4) is 11.3 Å². The van der Waals surface area contributed by atoms with Crippen molar-refractivity contribution in [2.75, 3.05) is 18.6 Å². The van der Waals surface area contributed by atoms with Crippen molar-refractivity contribution in [2.24, 2.45) is 0 Å². The average Bonchev–Trinajstić information content (AvgIpc) is 2.92. The second-order valence-electron chi connectivity index (χ2n) is 4.37. The fourth-order valence-electron chi connectivity index (χ4n) is 1.83. The lowest BCUT2D eigenvalue weighted by atomic mass is 10.2. The monoisotopic (exact) mass is 292 g/mol. The molecule has 0 aliphatic heterocycles. The number of thiazole rings is 1. The summed E-state index contributed by atoms with van der Waals surface area (Å²) in [6, 6.07) is 10.4. The number of rotatable bonds is 8. The molecule has 1 heterocycles. The highest BCUT2D eigenvalue weighted by Gasteiger charge is 2.03. The van der Waals surface area contributed by atoms with Crippen LogP contribution < -0.4 is 5.32 Å². The van der Waals surface area contributed by atoms with Crippen molar-refractivity contribution in [1.29, 1.82) is 0 Å². The summed E-state index contributed by atoms with van der Waals surface area (Å²) in [5.74, 6) is 1.26. The minimum absolute atomic E-state index is 0.886. The second kappa shape index (κ2) is 8.35. The molecule has 2 rings (SSSR count). The Labute approximate surface area is 123 Å². The van der Waals surface area contributed by atoms with E-state index in [2.05, 4.69) is 46.2 Å². The highest BCUT2D eigenvalue weighted by Crippen LogP contribution is 2.21. The summed E-state index contributed by atoms with van der Waals surface area (Å²) < 4.78 is 0. The largest absolute Gasteiger partial charge is 0.310 e. The van der Waals surface area contributed by atoms with Crippen molar-refractivity contribution in [1.82, 2.24) is 10.3 Å². The number of aromatic nitrogens is 1. The lowest BCUT2D eigenvalue weighted by molar-refractivity contribution is 0.642. The molecule has 1 aromatic heterocycles. The highest BCUT2D eigenvalue weighted by molar-refractivity contribution is 7.98. The van der Waals surface area contributed by atoms with E-state index in [-0.39, 0.29) is 0 Å². The molecule has 2 aromatic rings. The lowest BCUT2D eigenvalue weighted by Crippen LogP contribution is -2.14. The van der Waals surface area contributed by atoms with Gasteiger partial charge in [-0.25, -0.2) is 4.98 Å². The SMILES string of the molecule is CSCCCCNCc1nc(-c2ccccc2)cs1. The van der Waals surface area contributed by atoms with E-state index < -0.39 is 0 Å². The van der Waals surface area contributed by atoms with Gasteiger partial charge in [-0.05, 0) is 31.4 Å². The number of nitrogens with one attached hydrogen (secondary N) is 1. The van der Waals surface area contributed by atoms with Gasteiger partial charge in [0.2, 0.25) is 0 Å². The Morgan fingerprint density at radius 3 is 2.84 bits per heavy atom. The molecule has 102 valence electrons. The minimum Gasteiger partial charge on any atom is -0.310 e. The van der Waals surface area contributed by atoms with Crippen LogP contribution in [0, 0.1) is 0 Å². The molecule has 0 bridgehead atoms. The molecule has 4 heteroatoms. The Morgan fingerprint density at radius 2 is 2.05 bits per heavy atom. The van der Waals surface area contributed by atoms with Crippen LogP contribution >= 0.6 is 23.1 Å². The molecule has 0 saturated carbocycles. The standard InChI is InChI=1S/C15H20N2S2/c1-18-10-6-5-9-16-11-15-17-14(12-19-15)13-7-3-2-4-8-13/h2-4,7-8,12,16H,5-6,9-11H2,1H3. The molecule has 0 atom stereocenters. The second-order valence-corrected chi connectivity index (χ2v) is 6.30. The van der Waals surface area contributed by atoms with Gasteiger partial charge in [0.25, 0.3) is 0 Å². The Kier molecular flexibility index (Phi) is 6.41. The van der Waals surface area contributed by atoms with Crippen LogP contribution in [0.25, 0.3) is 11.3 Å². The molecule has 0 spiro atoms. The minimum atomic E-state index is 0.886. The molecular formula is C15H20N2S2. The molecule has 0 aliphatic rings. The van der Waals surface area contributed by atoms with Crippen molar-refractivity contribution >= 4 is 23.1 Å². The third-order valence-corrected chi connectivity index (χ3v) is 4.40. The maximum absolute atomic E-state index is 4.67. The Hall–Kier alpha value is -0.840. The Bertz CT molecular complexity index is 468. The normalized spacial score (nSPS) is 10.8. The third kappa shape index (κ3) is 4.97. The van der Waals surface area contributed by atoms with Crippen LogP contribution in [-0.4, -0.2) is 23.5 Å². The van der Waals surface area contributed by atoms with Gasteiger partial charge >= 0.3 is 0 Å². The van der Waals surface area contributed by atoms with Gasteiger partial charge in [-0.2, -0.15) is 11.8 Å². The van der Waals surface area contributed by atoms with E-state index in [0.717, 1.165) is 18.8 Å². The van der Waals surface area contributed by atoms with E-state index in [1.807, 2.05) is 17.8 Å². The zero-order valence-corrected chi connectivity index (χ0v) is 12.9. The summed E-state index contributed by atoms with van der Waals surface area (Å²) in [7, 11) is 0. The number of hydrogen-bond donors (Lipinski definition) is 1. The Balaban J connectivity index is 1.75. The van der Waals surface area contributed by atoms with Gasteiger partial charge in [0.05, 0.1) is 5.69 Å². The van der Waals surface area contributed by atoms with Gasteiger partial charge in [-0.15, -0.1) is 11.3 Å². The summed E-state index contributed by atoms with van der Waals surface area (Å²) in [5, 5.41) is 6.77. The summed E-state index contributed by atoms with van der Waals surface area (Å²) in [6.07, 6.45) is 4.70. The lowest BCUT2D eigenvalue weighted by Gasteiger charge is -2.01. The van der Waals surface area contributed by atoms with E-state index in [0.29, 0.717) is 0 Å². The summed E-state index contributed by atoms with van der Waals surface area (Å²) in [5.41, 5.74) is 2.29. The maximum Gasteiger partial charge on any atom is 0.107 e. The quantitative estimate of drug-likeness (QED) is 0.743. The van der Waals surface area contributed by atoms with Gasteiger partial charge in [0, 0.05) is 17.5 Å². The molecule has 0 fully saturated rings. The Morgan fingerprint density at radius 1 is 1.21 bits per heavy atom. The van der Waals surface area contributed by atoms with Crippen molar-refractivity contribution < 1.29 is 0 Å². The number of nitrogens with zero attached hydrogens (tertiary/aromatic N) is 1. The first kappa shape index (κ1) is 14.6. The fraction of sp³-hybridized carbons (Fsp3) is 0.400. The molecule has 2 nitrogen and oxygen atoms in total. The molecule has 0 unspecified atom stereocenters. The summed E-state index contributed by atoms with van der Waals surface area (Å²) in [4.78, 5) is 4.67. The zero-order chi connectivity index (χ0) is 13.3. The van der Waals surface area contributed by atoms with Gasteiger partial charge in [-0.1, -0.05) is 30.3 Å². The van der Waals surface area contributed by atoms with E-state index in [1.54, 1.807) is 11.3 Å². The van der Waals surface area contributed by atoms with E-state index in [4.69, 9.17) is 0 Å². The van der Waals surface area contributed by atoms with E-state index >= 15 is 0 Å². The number of hydrogen-bond acceptors (Lipinski definition) is 4. The van der Waals surface area contributed by atoms with Crippen molar-refractivity contribution in [2.45, 2.75) is 19.4 Å². The molecule has 0 aliphatic carbocycles. The molecule has 0 radical (unpaired) electrons. The van der Waals surface area contributed by atoms with Crippen LogP contribution in [0.2, 0.25) is 0 Å². The van der Waals surface area contributed by atoms with E-state index in [9.17, 15) is 0 Å². The molecular weight excluding hydrogens is 272 g/mol. The smallest absolute Gasteiger partial charge is 0.107 e. The predicted octanol–water partition coefficient (Wildman–Crippen LogP) is 4.04. The van der Waals surface area contributed by atoms with Crippen LogP contribution in [0.3, 0.4) is 0 Å². The van der Waals surface area contributed by atoms with E-state index in [1.165, 1.54) is 29.2 Å². The van der Waals surface area contributed by atoms with Crippen LogP contribution in [0.4, 0.5) is 0 Å². The zero-order valence-electron chi connectivity index (χ0n) is 11.3. The van der Waals surface area contributed by atoms with Gasteiger partial charge in [-0.3, -0.25) is 0 Å². The fourth-order valence-corrected chi connectivity index (χ4v) is 3.09. The first-order valence-corrected chi connectivity index (χ1v) is 8.87. The van der Waals surface area contributed by atoms with Crippen LogP contribution in [0.15, 0.2) is 35.7 Å². The average molecular weight is 292 g/mol. The van der Waals surface area contributed by atoms with Gasteiger partial charge in [0.1, 0.15) is 5.01 Å². The number of thioether (sulfide) groups is 1. The first-order valence-electron chi connectivity index (χ1n) is 6.59. The van der Waals surface area contributed by atoms with Crippen LogP contribution in [0.1, 0.15) is 17.8 Å². The van der Waals surface area contributed by atoms with Gasteiger partial charge < -0.3 is 5.32 Å². The predicted molar refractivity (Wildman–Crippen MR) is 86.9 cm³/mol.